The van der Waals surface area contributed by atoms with Crippen molar-refractivity contribution in [2.24, 2.45) is 59.2 Å². The number of hydrogen-bond acceptors (Lipinski definition) is 2. The first-order valence-corrected chi connectivity index (χ1v) is 11.8. The molecule has 0 aromatic heterocycles. The van der Waals surface area contributed by atoms with Crippen LogP contribution in [0.25, 0.3) is 0 Å². The van der Waals surface area contributed by atoms with Crippen molar-refractivity contribution in [3.63, 3.8) is 0 Å². The minimum Gasteiger partial charge on any atom is -0.299 e. The van der Waals surface area contributed by atoms with Crippen LogP contribution in [0.2, 0.25) is 0 Å². The Kier molecular flexibility index (Phi) is 3.71. The summed E-state index contributed by atoms with van der Waals surface area (Å²) in [5, 5.41) is 0. The highest BCUT2D eigenvalue weighted by Gasteiger charge is 2.64. The molecule has 0 saturated heterocycles. The summed E-state index contributed by atoms with van der Waals surface area (Å²) in [6, 6.07) is 0. The lowest BCUT2D eigenvalue weighted by atomic mass is 9.60. The normalized spacial score (nSPS) is 55.5. The Morgan fingerprint density at radius 2 is 1.19 bits per heavy atom. The fourth-order valence-corrected chi connectivity index (χ4v) is 9.40. The van der Waals surface area contributed by atoms with E-state index in [9.17, 15) is 9.59 Å². The summed E-state index contributed by atoms with van der Waals surface area (Å²) >= 11 is 0. The molecule has 0 aromatic carbocycles. The number of rotatable bonds is 0. The molecular weight excluding hydrogens is 320 g/mol. The van der Waals surface area contributed by atoms with Gasteiger partial charge in [0.25, 0.3) is 0 Å². The second kappa shape index (κ2) is 5.92. The third-order valence-electron chi connectivity index (χ3n) is 10.2. The third-order valence-corrected chi connectivity index (χ3v) is 10.2. The molecule has 0 aromatic rings. The lowest BCUT2D eigenvalue weighted by Crippen LogP contribution is -2.39. The van der Waals surface area contributed by atoms with E-state index in [4.69, 9.17) is 0 Å². The van der Waals surface area contributed by atoms with Crippen molar-refractivity contribution in [2.45, 2.75) is 77.0 Å². The van der Waals surface area contributed by atoms with Crippen molar-refractivity contribution >= 4 is 11.6 Å². The van der Waals surface area contributed by atoms with Gasteiger partial charge in [-0.2, -0.15) is 0 Å². The first-order valence-electron chi connectivity index (χ1n) is 11.8. The summed E-state index contributed by atoms with van der Waals surface area (Å²) in [6.45, 7) is 0. The van der Waals surface area contributed by atoms with E-state index < -0.39 is 0 Å². The molecule has 6 saturated carbocycles. The molecule has 10 unspecified atom stereocenters. The molecule has 0 aliphatic heterocycles. The molecule has 6 fully saturated rings. The van der Waals surface area contributed by atoms with Gasteiger partial charge in [0, 0.05) is 23.7 Å². The van der Waals surface area contributed by atoms with Gasteiger partial charge in [0.05, 0.1) is 0 Å². The summed E-state index contributed by atoms with van der Waals surface area (Å²) in [7, 11) is 0. The molecular formula is C24H34O2. The molecule has 0 heterocycles. The summed E-state index contributed by atoms with van der Waals surface area (Å²) in [6.07, 6.45) is 15.3. The molecule has 2 heteroatoms. The number of carbonyl (C=O) groups excluding carboxylic acids is 2. The molecule has 0 bridgehead atoms. The number of ketones is 2. The van der Waals surface area contributed by atoms with Crippen LogP contribution in [0, 0.1) is 59.2 Å². The zero-order chi connectivity index (χ0) is 17.4. The molecule has 2 nitrogen and oxygen atoms in total. The largest absolute Gasteiger partial charge is 0.299 e. The van der Waals surface area contributed by atoms with Crippen molar-refractivity contribution in [3.8, 4) is 0 Å². The average Bonchev–Trinajstić information content (AvgIpc) is 3.15. The van der Waals surface area contributed by atoms with E-state index in [1.54, 1.807) is 0 Å². The zero-order valence-electron chi connectivity index (χ0n) is 16.1. The highest BCUT2D eigenvalue weighted by molar-refractivity contribution is 5.92. The smallest absolute Gasteiger partial charge is 0.140 e. The average molecular weight is 355 g/mol. The molecule has 10 atom stereocenters. The second-order valence-corrected chi connectivity index (χ2v) is 10.8. The zero-order valence-corrected chi connectivity index (χ0v) is 16.1. The monoisotopic (exact) mass is 354 g/mol. The topological polar surface area (TPSA) is 34.1 Å². The molecule has 0 spiro atoms. The van der Waals surface area contributed by atoms with Gasteiger partial charge in [-0.05, 0) is 80.5 Å². The maximum atomic E-state index is 13.8. The van der Waals surface area contributed by atoms with E-state index >= 15 is 0 Å². The molecule has 0 radical (unpaired) electrons. The number of fused-ring (bicyclic) bond motifs is 9. The van der Waals surface area contributed by atoms with E-state index in [-0.39, 0.29) is 11.8 Å². The van der Waals surface area contributed by atoms with Gasteiger partial charge in [-0.1, -0.05) is 32.1 Å². The van der Waals surface area contributed by atoms with E-state index in [0.717, 1.165) is 18.8 Å². The summed E-state index contributed by atoms with van der Waals surface area (Å²) < 4.78 is 0. The number of hydrogen-bond donors (Lipinski definition) is 0. The van der Waals surface area contributed by atoms with Crippen molar-refractivity contribution in [2.75, 3.05) is 0 Å². The minimum absolute atomic E-state index is 0.260. The standard InChI is InChI=1S/C24H34O2/c25-23-18-8-4-3-7-15(18)20-19(23)12-11-17-16-10-9-13-5-1-2-6-14(13)21(16)24(26)22(17)20/h13-22H,1-12H2. The van der Waals surface area contributed by atoms with Crippen molar-refractivity contribution in [3.05, 3.63) is 0 Å². The molecule has 6 aliphatic carbocycles. The molecule has 142 valence electrons. The molecule has 6 rings (SSSR count). The highest BCUT2D eigenvalue weighted by Crippen LogP contribution is 2.64. The maximum Gasteiger partial charge on any atom is 0.140 e. The van der Waals surface area contributed by atoms with Gasteiger partial charge in [-0.25, -0.2) is 0 Å². The lowest BCUT2D eigenvalue weighted by Gasteiger charge is -2.44. The van der Waals surface area contributed by atoms with Crippen LogP contribution in [-0.4, -0.2) is 11.6 Å². The van der Waals surface area contributed by atoms with Crippen LogP contribution in [0.5, 0.6) is 0 Å². The van der Waals surface area contributed by atoms with E-state index in [1.165, 1.54) is 64.2 Å². The van der Waals surface area contributed by atoms with E-state index in [0.29, 0.717) is 53.0 Å². The summed E-state index contributed by atoms with van der Waals surface area (Å²) in [5.41, 5.74) is 0. The Labute approximate surface area is 157 Å². The minimum atomic E-state index is 0.260. The van der Waals surface area contributed by atoms with Gasteiger partial charge in [0.1, 0.15) is 11.6 Å². The summed E-state index contributed by atoms with van der Waals surface area (Å²) in [4.78, 5) is 26.9. The second-order valence-electron chi connectivity index (χ2n) is 10.8. The Morgan fingerprint density at radius 3 is 2.08 bits per heavy atom. The van der Waals surface area contributed by atoms with Gasteiger partial charge in [0.15, 0.2) is 0 Å². The molecule has 0 N–H and O–H groups in total. The van der Waals surface area contributed by atoms with Gasteiger partial charge in [0.2, 0.25) is 0 Å². The van der Waals surface area contributed by atoms with Gasteiger partial charge >= 0.3 is 0 Å². The molecule has 0 amide bonds. The lowest BCUT2D eigenvalue weighted by molar-refractivity contribution is -0.131. The third kappa shape index (κ3) is 2.05. The van der Waals surface area contributed by atoms with Gasteiger partial charge in [-0.3, -0.25) is 9.59 Å². The predicted molar refractivity (Wildman–Crippen MR) is 100 cm³/mol. The Bertz CT molecular complexity index is 624. The van der Waals surface area contributed by atoms with Crippen LogP contribution < -0.4 is 0 Å². The Morgan fingerprint density at radius 1 is 0.500 bits per heavy atom. The molecule has 26 heavy (non-hydrogen) atoms. The van der Waals surface area contributed by atoms with Crippen LogP contribution >= 0.6 is 0 Å². The fraction of sp³-hybridized carbons (Fsp3) is 0.917. The van der Waals surface area contributed by atoms with Crippen molar-refractivity contribution in [1.29, 1.82) is 0 Å². The van der Waals surface area contributed by atoms with Crippen LogP contribution in [0.4, 0.5) is 0 Å². The van der Waals surface area contributed by atoms with Crippen LogP contribution in [0.1, 0.15) is 77.0 Å². The first-order chi connectivity index (χ1) is 12.8. The Balaban J connectivity index is 1.36. The first kappa shape index (κ1) is 16.3. The van der Waals surface area contributed by atoms with Gasteiger partial charge < -0.3 is 0 Å². The van der Waals surface area contributed by atoms with E-state index in [2.05, 4.69) is 0 Å². The summed E-state index contributed by atoms with van der Waals surface area (Å²) in [5.74, 6) is 6.40. The van der Waals surface area contributed by atoms with Crippen LogP contribution in [0.3, 0.4) is 0 Å². The Hall–Kier alpha value is -0.660. The number of Topliss-reactive ketones (excluding diaryl/α,β-unsaturated/α-hetero) is 2. The maximum absolute atomic E-state index is 13.8. The predicted octanol–water partition coefficient (Wildman–Crippen LogP) is 5.05. The van der Waals surface area contributed by atoms with Crippen LogP contribution in [0.15, 0.2) is 0 Å². The van der Waals surface area contributed by atoms with Crippen molar-refractivity contribution < 1.29 is 9.59 Å². The number of carbonyl (C=O) groups is 2. The SMILES string of the molecule is O=C1C2CCCCC2C2C1CCC1C3CCC4CCCCC4C3C(=O)C12. The van der Waals surface area contributed by atoms with E-state index in [1.807, 2.05) is 0 Å². The highest BCUT2D eigenvalue weighted by atomic mass is 16.1. The van der Waals surface area contributed by atoms with Gasteiger partial charge in [-0.15, -0.1) is 0 Å². The quantitative estimate of drug-likeness (QED) is 0.610. The fourth-order valence-electron chi connectivity index (χ4n) is 9.40. The molecule has 6 aliphatic rings. The van der Waals surface area contributed by atoms with Crippen LogP contribution in [-0.2, 0) is 9.59 Å². The van der Waals surface area contributed by atoms with Crippen molar-refractivity contribution in [1.82, 2.24) is 0 Å².